The van der Waals surface area contributed by atoms with Gasteiger partial charge in [-0.25, -0.2) is 10.3 Å². The predicted octanol–water partition coefficient (Wildman–Crippen LogP) is 4.87. The number of carbonyl (C=O) groups excluding carboxylic acids is 1. The van der Waals surface area contributed by atoms with E-state index in [4.69, 9.17) is 11.6 Å². The number of carbonyl (C=O) groups is 1. The molecule has 1 radical (unpaired) electrons. The van der Waals surface area contributed by atoms with Crippen LogP contribution < -0.4 is 10.6 Å². The molecule has 0 bridgehead atoms. The maximum Gasteiger partial charge on any atom is 0.281 e. The summed E-state index contributed by atoms with van der Waals surface area (Å²) in [5.41, 5.74) is 3.85. The zero-order chi connectivity index (χ0) is 17.2. The van der Waals surface area contributed by atoms with Gasteiger partial charge in [-0.1, -0.05) is 41.9 Å². The average molecular weight is 347 g/mol. The predicted molar refractivity (Wildman–Crippen MR) is 99.9 cm³/mol. The Morgan fingerprint density at radius 1 is 1.00 bits per heavy atom. The molecule has 1 amide bonds. The first kappa shape index (κ1) is 15.4. The number of pyridine rings is 1. The van der Waals surface area contributed by atoms with Crippen molar-refractivity contribution in [3.8, 4) is 11.1 Å². The van der Waals surface area contributed by atoms with Crippen LogP contribution in [0.3, 0.4) is 0 Å². The summed E-state index contributed by atoms with van der Waals surface area (Å²) < 4.78 is 0. The normalized spacial score (nSPS) is 12.4. The number of nitrogens with one attached hydrogen (secondary N) is 1. The Bertz CT molecular complexity index is 983. The molecule has 25 heavy (non-hydrogen) atoms. The first-order valence-electron chi connectivity index (χ1n) is 7.75. The first-order valence-corrected chi connectivity index (χ1v) is 8.13. The summed E-state index contributed by atoms with van der Waals surface area (Å²) in [7, 11) is 0. The lowest BCUT2D eigenvalue weighted by molar-refractivity contribution is 0.0965. The van der Waals surface area contributed by atoms with Gasteiger partial charge in [0, 0.05) is 34.2 Å². The van der Waals surface area contributed by atoms with Crippen LogP contribution in [0, 0.1) is 0 Å². The molecule has 0 atom stereocenters. The van der Waals surface area contributed by atoms with E-state index in [1.54, 1.807) is 6.20 Å². The zero-order valence-corrected chi connectivity index (χ0v) is 13.9. The lowest BCUT2D eigenvalue weighted by atomic mass is 9.95. The Balaban J connectivity index is 1.86. The summed E-state index contributed by atoms with van der Waals surface area (Å²) in [6.07, 6.45) is 5.09. The van der Waals surface area contributed by atoms with E-state index in [2.05, 4.69) is 15.6 Å². The lowest BCUT2D eigenvalue weighted by Crippen LogP contribution is -2.18. The van der Waals surface area contributed by atoms with E-state index in [1.165, 1.54) is 6.20 Å². The number of hydrogen-bond donors (Lipinski definition) is 1. The van der Waals surface area contributed by atoms with Crippen LogP contribution in [0.1, 0.15) is 15.9 Å². The van der Waals surface area contributed by atoms with Crippen molar-refractivity contribution in [3.63, 3.8) is 0 Å². The molecule has 1 N–H and O–H groups in total. The molecule has 0 saturated carbocycles. The Kier molecular flexibility index (Phi) is 3.96. The number of nitrogens with zero attached hydrogens (tertiary/aromatic N) is 2. The molecule has 1 aliphatic heterocycles. The van der Waals surface area contributed by atoms with Crippen molar-refractivity contribution >= 4 is 35.1 Å². The molecule has 121 valence electrons. The minimum Gasteiger partial charge on any atom is -0.340 e. The molecule has 2 heterocycles. The van der Waals surface area contributed by atoms with E-state index >= 15 is 0 Å². The highest BCUT2D eigenvalue weighted by molar-refractivity contribution is 6.30. The number of amides is 1. The van der Waals surface area contributed by atoms with Crippen LogP contribution in [-0.2, 0) is 0 Å². The number of benzene rings is 2. The van der Waals surface area contributed by atoms with E-state index in [-0.39, 0.29) is 5.91 Å². The van der Waals surface area contributed by atoms with Gasteiger partial charge >= 0.3 is 0 Å². The molecule has 1 aliphatic rings. The second-order valence-corrected chi connectivity index (χ2v) is 6.00. The summed E-state index contributed by atoms with van der Waals surface area (Å²) in [4.78, 5) is 16.9. The van der Waals surface area contributed by atoms with Crippen molar-refractivity contribution in [1.82, 2.24) is 10.3 Å². The van der Waals surface area contributed by atoms with Crippen LogP contribution in [0.4, 0.5) is 11.5 Å². The molecular weight excluding hydrogens is 334 g/mol. The highest BCUT2D eigenvalue weighted by atomic mass is 35.5. The molecule has 5 heteroatoms. The highest BCUT2D eigenvalue weighted by Gasteiger charge is 2.23. The van der Waals surface area contributed by atoms with Gasteiger partial charge in [0.25, 0.3) is 5.91 Å². The minimum absolute atomic E-state index is 0.313. The number of para-hydroxylation sites is 1. The fourth-order valence-corrected chi connectivity index (χ4v) is 2.99. The van der Waals surface area contributed by atoms with Gasteiger partial charge < -0.3 is 5.32 Å². The van der Waals surface area contributed by atoms with E-state index in [9.17, 15) is 4.79 Å². The number of fused-ring (bicyclic) bond motifs is 1. The van der Waals surface area contributed by atoms with E-state index in [1.807, 2.05) is 60.7 Å². The third-order valence-corrected chi connectivity index (χ3v) is 4.17. The first-order chi connectivity index (χ1) is 12.2. The average Bonchev–Trinajstić information content (AvgIpc) is 2.63. The maximum atomic E-state index is 12.4. The number of hydrogen-bond acceptors (Lipinski definition) is 3. The molecule has 1 aromatic heterocycles. The molecule has 3 aromatic rings. The second-order valence-electron chi connectivity index (χ2n) is 5.56. The van der Waals surface area contributed by atoms with Crippen molar-refractivity contribution in [1.29, 1.82) is 0 Å². The lowest BCUT2D eigenvalue weighted by Gasteiger charge is -2.18. The minimum atomic E-state index is -0.313. The number of rotatable bonds is 3. The van der Waals surface area contributed by atoms with Gasteiger partial charge in [-0.3, -0.25) is 4.79 Å². The summed E-state index contributed by atoms with van der Waals surface area (Å²) >= 11 is 6.11. The van der Waals surface area contributed by atoms with Crippen molar-refractivity contribution in [2.24, 2.45) is 0 Å². The molecule has 4 rings (SSSR count). The monoisotopic (exact) mass is 346 g/mol. The summed E-state index contributed by atoms with van der Waals surface area (Å²) in [6.45, 7) is 0. The van der Waals surface area contributed by atoms with Crippen molar-refractivity contribution in [2.45, 2.75) is 0 Å². The topological polar surface area (TPSA) is 56.1 Å². The van der Waals surface area contributed by atoms with Gasteiger partial charge in [-0.2, -0.15) is 0 Å². The third kappa shape index (κ3) is 2.99. The summed E-state index contributed by atoms with van der Waals surface area (Å²) in [5.74, 6) is 0.178. The number of anilines is 2. The Hall–Kier alpha value is -3.11. The molecule has 0 fully saturated rings. The van der Waals surface area contributed by atoms with E-state index in [0.29, 0.717) is 16.4 Å². The van der Waals surface area contributed by atoms with Gasteiger partial charge in [0.2, 0.25) is 0 Å². The Morgan fingerprint density at radius 2 is 1.84 bits per heavy atom. The standard InChI is InChI=1S/C20H13ClN3O/c21-14-6-4-5-13(11-14)17-12-23-19(24-15-7-2-1-3-8-15)18-16(17)9-10-22-20(18)25/h1-12H,(H,23,24). The van der Waals surface area contributed by atoms with Crippen LogP contribution in [-0.4, -0.2) is 10.9 Å². The van der Waals surface area contributed by atoms with Gasteiger partial charge in [0.05, 0.1) is 5.56 Å². The molecule has 0 aliphatic carbocycles. The molecule has 0 saturated heterocycles. The van der Waals surface area contributed by atoms with Crippen LogP contribution in [0.15, 0.2) is 67.0 Å². The summed E-state index contributed by atoms with van der Waals surface area (Å²) in [5, 5.41) is 7.73. The summed E-state index contributed by atoms with van der Waals surface area (Å²) in [6, 6.07) is 17.1. The smallest absolute Gasteiger partial charge is 0.281 e. The van der Waals surface area contributed by atoms with Crippen LogP contribution >= 0.6 is 11.6 Å². The van der Waals surface area contributed by atoms with Gasteiger partial charge in [-0.05, 0) is 35.9 Å². The van der Waals surface area contributed by atoms with Gasteiger partial charge in [0.15, 0.2) is 0 Å². The number of aromatic nitrogens is 1. The zero-order valence-electron chi connectivity index (χ0n) is 13.1. The second kappa shape index (κ2) is 6.42. The molecule has 4 nitrogen and oxygen atoms in total. The Labute approximate surface area is 150 Å². The SMILES string of the molecule is O=C1[N]C=Cc2c(-c3cccc(Cl)c3)cnc(Nc3ccccc3)c21. The van der Waals surface area contributed by atoms with Crippen LogP contribution in [0.5, 0.6) is 0 Å². The van der Waals surface area contributed by atoms with Crippen molar-refractivity contribution in [2.75, 3.05) is 5.32 Å². The van der Waals surface area contributed by atoms with E-state index in [0.717, 1.165) is 22.4 Å². The third-order valence-electron chi connectivity index (χ3n) is 3.94. The fourth-order valence-electron chi connectivity index (χ4n) is 2.80. The Morgan fingerprint density at radius 3 is 2.64 bits per heavy atom. The van der Waals surface area contributed by atoms with Gasteiger partial charge in [0.1, 0.15) is 5.82 Å². The fraction of sp³-hybridized carbons (Fsp3) is 0. The number of halogens is 1. The molecular formula is C20H13ClN3O. The highest BCUT2D eigenvalue weighted by Crippen LogP contribution is 2.34. The molecule has 2 aromatic carbocycles. The van der Waals surface area contributed by atoms with Crippen molar-refractivity contribution in [3.05, 3.63) is 83.1 Å². The van der Waals surface area contributed by atoms with E-state index < -0.39 is 0 Å². The molecule has 0 unspecified atom stereocenters. The van der Waals surface area contributed by atoms with Crippen molar-refractivity contribution < 1.29 is 4.79 Å². The van der Waals surface area contributed by atoms with Crippen LogP contribution in [0.25, 0.3) is 17.2 Å². The van der Waals surface area contributed by atoms with Gasteiger partial charge in [-0.15, -0.1) is 0 Å². The largest absolute Gasteiger partial charge is 0.340 e. The van der Waals surface area contributed by atoms with Crippen LogP contribution in [0.2, 0.25) is 5.02 Å². The molecule has 0 spiro atoms. The maximum absolute atomic E-state index is 12.4. The quantitative estimate of drug-likeness (QED) is 0.735.